The van der Waals surface area contributed by atoms with Crippen LogP contribution in [0.1, 0.15) is 40.5 Å². The molecule has 0 bridgehead atoms. The van der Waals surface area contributed by atoms with Crippen molar-refractivity contribution in [3.8, 4) is 5.75 Å². The molecule has 1 aromatic rings. The monoisotopic (exact) mass is 222 g/mol. The number of ketones is 1. The molecule has 0 heterocycles. The van der Waals surface area contributed by atoms with Gasteiger partial charge in [-0.3, -0.25) is 4.79 Å². The Bertz CT molecular complexity index is 409. The second kappa shape index (κ2) is 5.30. The summed E-state index contributed by atoms with van der Waals surface area (Å²) in [6, 6.07) is 4.21. The molecule has 0 spiro atoms. The van der Waals surface area contributed by atoms with Gasteiger partial charge in [0.1, 0.15) is 11.3 Å². The van der Waals surface area contributed by atoms with Crippen LogP contribution in [0.25, 0.3) is 0 Å². The maximum atomic E-state index is 11.5. The van der Waals surface area contributed by atoms with E-state index in [0.717, 1.165) is 6.42 Å². The van der Waals surface area contributed by atoms with Crippen LogP contribution in [0.5, 0.6) is 5.75 Å². The van der Waals surface area contributed by atoms with Crippen molar-refractivity contribution < 1.29 is 19.4 Å². The predicted octanol–water partition coefficient (Wildman–Crippen LogP) is 2.16. The van der Waals surface area contributed by atoms with Crippen LogP contribution in [0.3, 0.4) is 0 Å². The number of esters is 1. The minimum Gasteiger partial charge on any atom is -0.507 e. The number of carbonyl (C=O) groups excluding carboxylic acids is 2. The van der Waals surface area contributed by atoms with Crippen LogP contribution in [-0.4, -0.2) is 24.0 Å². The Morgan fingerprint density at radius 3 is 2.56 bits per heavy atom. The first-order valence-corrected chi connectivity index (χ1v) is 5.04. The predicted molar refractivity (Wildman–Crippen MR) is 58.7 cm³/mol. The Morgan fingerprint density at radius 2 is 2.06 bits per heavy atom. The van der Waals surface area contributed by atoms with Gasteiger partial charge in [-0.1, -0.05) is 13.0 Å². The molecule has 1 N–H and O–H groups in total. The summed E-state index contributed by atoms with van der Waals surface area (Å²) in [6.45, 7) is 1.90. The lowest BCUT2D eigenvalue weighted by molar-refractivity contribution is 0.0597. The number of Topliss-reactive ketones (excluding diaryl/α,β-unsaturated/α-hetero) is 1. The van der Waals surface area contributed by atoms with E-state index in [0.29, 0.717) is 12.0 Å². The molecule has 16 heavy (non-hydrogen) atoms. The fourth-order valence-corrected chi connectivity index (χ4v) is 1.36. The molecule has 0 radical (unpaired) electrons. The molecule has 0 aliphatic heterocycles. The van der Waals surface area contributed by atoms with Crippen molar-refractivity contribution >= 4 is 11.8 Å². The molecule has 0 amide bonds. The zero-order chi connectivity index (χ0) is 12.1. The molecule has 4 heteroatoms. The zero-order valence-electron chi connectivity index (χ0n) is 9.32. The fraction of sp³-hybridized carbons (Fsp3) is 0.333. The largest absolute Gasteiger partial charge is 0.507 e. The number of aromatic hydroxyl groups is 1. The minimum absolute atomic E-state index is 0.0470. The molecule has 0 atom stereocenters. The van der Waals surface area contributed by atoms with E-state index < -0.39 is 5.97 Å². The number of phenolic OH excluding ortho intramolecular Hbond substituents is 1. The Balaban J connectivity index is 2.99. The molecule has 0 aliphatic rings. The molecule has 4 nitrogen and oxygen atoms in total. The third-order valence-electron chi connectivity index (χ3n) is 2.20. The maximum absolute atomic E-state index is 11.5. The van der Waals surface area contributed by atoms with E-state index in [1.165, 1.54) is 25.3 Å². The van der Waals surface area contributed by atoms with Gasteiger partial charge in [-0.15, -0.1) is 0 Å². The molecule has 0 unspecified atom stereocenters. The molecule has 0 fully saturated rings. The normalized spacial score (nSPS) is 9.88. The van der Waals surface area contributed by atoms with Gasteiger partial charge in [0.15, 0.2) is 5.78 Å². The van der Waals surface area contributed by atoms with Crippen LogP contribution in [0.15, 0.2) is 18.2 Å². The van der Waals surface area contributed by atoms with E-state index in [9.17, 15) is 14.7 Å². The molecule has 0 saturated carbocycles. The first-order valence-electron chi connectivity index (χ1n) is 5.04. The summed E-state index contributed by atoms with van der Waals surface area (Å²) in [4.78, 5) is 22.7. The summed E-state index contributed by atoms with van der Waals surface area (Å²) in [7, 11) is 1.23. The molecule has 86 valence electrons. The van der Waals surface area contributed by atoms with Gasteiger partial charge in [-0.05, 0) is 18.6 Å². The summed E-state index contributed by atoms with van der Waals surface area (Å²) < 4.78 is 4.48. The van der Waals surface area contributed by atoms with Gasteiger partial charge < -0.3 is 9.84 Å². The number of hydrogen-bond donors (Lipinski definition) is 1. The van der Waals surface area contributed by atoms with Crippen molar-refractivity contribution in [2.24, 2.45) is 0 Å². The zero-order valence-corrected chi connectivity index (χ0v) is 9.32. The number of hydrogen-bond acceptors (Lipinski definition) is 4. The van der Waals surface area contributed by atoms with Crippen LogP contribution < -0.4 is 0 Å². The summed E-state index contributed by atoms with van der Waals surface area (Å²) in [5.41, 5.74) is 0.475. The van der Waals surface area contributed by atoms with E-state index in [4.69, 9.17) is 0 Å². The first kappa shape index (κ1) is 12.2. The van der Waals surface area contributed by atoms with Gasteiger partial charge in [-0.2, -0.15) is 0 Å². The number of phenols is 1. The number of ether oxygens (including phenoxy) is 1. The van der Waals surface area contributed by atoms with Crippen molar-refractivity contribution in [1.82, 2.24) is 0 Å². The lowest BCUT2D eigenvalue weighted by Gasteiger charge is -2.04. The third-order valence-corrected chi connectivity index (χ3v) is 2.20. The number of methoxy groups -OCH3 is 1. The minimum atomic E-state index is -0.619. The van der Waals surface area contributed by atoms with Crippen LogP contribution in [0.2, 0.25) is 0 Å². The Kier molecular flexibility index (Phi) is 4.05. The summed E-state index contributed by atoms with van der Waals surface area (Å²) in [5.74, 6) is -0.894. The van der Waals surface area contributed by atoms with E-state index in [1.807, 2.05) is 6.92 Å². The molecule has 0 saturated heterocycles. The summed E-state index contributed by atoms with van der Waals surface area (Å²) >= 11 is 0. The molecular formula is C12H14O4. The van der Waals surface area contributed by atoms with Gasteiger partial charge in [-0.25, -0.2) is 4.79 Å². The highest BCUT2D eigenvalue weighted by Crippen LogP contribution is 2.20. The van der Waals surface area contributed by atoms with Crippen molar-refractivity contribution in [2.75, 3.05) is 7.11 Å². The van der Waals surface area contributed by atoms with Crippen molar-refractivity contribution in [3.05, 3.63) is 29.3 Å². The van der Waals surface area contributed by atoms with Crippen LogP contribution in [0, 0.1) is 0 Å². The quantitative estimate of drug-likeness (QED) is 0.626. The molecule has 0 aliphatic carbocycles. The number of benzene rings is 1. The number of rotatable bonds is 4. The van der Waals surface area contributed by atoms with Gasteiger partial charge in [0, 0.05) is 12.0 Å². The average molecular weight is 222 g/mol. The number of carbonyl (C=O) groups is 2. The van der Waals surface area contributed by atoms with E-state index in [-0.39, 0.29) is 17.1 Å². The van der Waals surface area contributed by atoms with Gasteiger partial charge >= 0.3 is 5.97 Å². The lowest BCUT2D eigenvalue weighted by atomic mass is 10.0. The summed E-state index contributed by atoms with van der Waals surface area (Å²) in [5, 5.41) is 9.56. The summed E-state index contributed by atoms with van der Waals surface area (Å²) in [6.07, 6.45) is 1.18. The van der Waals surface area contributed by atoms with E-state index >= 15 is 0 Å². The van der Waals surface area contributed by atoms with E-state index in [1.54, 1.807) is 0 Å². The Labute approximate surface area is 93.9 Å². The van der Waals surface area contributed by atoms with Crippen LogP contribution in [0.4, 0.5) is 0 Å². The molecule has 1 aromatic carbocycles. The van der Waals surface area contributed by atoms with Gasteiger partial charge in [0.05, 0.1) is 7.11 Å². The Hall–Kier alpha value is -1.84. The van der Waals surface area contributed by atoms with E-state index in [2.05, 4.69) is 4.74 Å². The van der Waals surface area contributed by atoms with Crippen molar-refractivity contribution in [3.63, 3.8) is 0 Å². The van der Waals surface area contributed by atoms with Crippen LogP contribution in [-0.2, 0) is 4.74 Å². The Morgan fingerprint density at radius 1 is 1.38 bits per heavy atom. The average Bonchev–Trinajstić information content (AvgIpc) is 2.28. The first-order chi connectivity index (χ1) is 7.60. The molecule has 0 aromatic heterocycles. The highest BCUT2D eigenvalue weighted by atomic mass is 16.5. The van der Waals surface area contributed by atoms with Gasteiger partial charge in [0.2, 0.25) is 0 Å². The third kappa shape index (κ3) is 2.59. The maximum Gasteiger partial charge on any atom is 0.341 e. The van der Waals surface area contributed by atoms with Crippen molar-refractivity contribution in [2.45, 2.75) is 19.8 Å². The van der Waals surface area contributed by atoms with Crippen LogP contribution >= 0.6 is 0 Å². The highest BCUT2D eigenvalue weighted by Gasteiger charge is 2.13. The smallest absolute Gasteiger partial charge is 0.341 e. The highest BCUT2D eigenvalue weighted by molar-refractivity contribution is 5.99. The van der Waals surface area contributed by atoms with Gasteiger partial charge in [0.25, 0.3) is 0 Å². The topological polar surface area (TPSA) is 63.6 Å². The second-order valence-corrected chi connectivity index (χ2v) is 3.40. The standard InChI is InChI=1S/C12H14O4/c1-3-4-10(13)8-5-6-9(11(14)7-8)12(15)16-2/h5-7,14H,3-4H2,1-2H3. The molecular weight excluding hydrogens is 208 g/mol. The van der Waals surface area contributed by atoms with Crippen molar-refractivity contribution in [1.29, 1.82) is 0 Å². The lowest BCUT2D eigenvalue weighted by Crippen LogP contribution is -2.04. The second-order valence-electron chi connectivity index (χ2n) is 3.40. The molecule has 1 rings (SSSR count). The SMILES string of the molecule is CCCC(=O)c1ccc(C(=O)OC)c(O)c1. The fourth-order valence-electron chi connectivity index (χ4n) is 1.36.